The maximum atomic E-state index is 15.0. The first kappa shape index (κ1) is 47.3. The summed E-state index contributed by atoms with van der Waals surface area (Å²) >= 11 is 0. The number of hydrogen-bond donors (Lipinski definition) is 9. The average molecular weight is 841 g/mol. The molecule has 1 saturated carbocycles. The fourth-order valence-electron chi connectivity index (χ4n) is 8.63. The van der Waals surface area contributed by atoms with E-state index in [-0.39, 0.29) is 75.6 Å². The fourth-order valence-corrected chi connectivity index (χ4v) is 8.63. The largest absolute Gasteiger partial charge is 0.480 e. The van der Waals surface area contributed by atoms with E-state index in [9.17, 15) is 34.2 Å². The minimum absolute atomic E-state index is 0.00418. The number of unbranched alkanes of at least 4 members (excludes halogenated alkanes) is 2. The minimum atomic E-state index is -1.82. The maximum absolute atomic E-state index is 15.0. The van der Waals surface area contributed by atoms with Crippen molar-refractivity contribution in [1.82, 2.24) is 20.0 Å². The first-order valence-electron chi connectivity index (χ1n) is 21.0. The second-order valence-electron chi connectivity index (χ2n) is 15.9. The molecule has 1 aliphatic carbocycles. The summed E-state index contributed by atoms with van der Waals surface area (Å²) in [6.07, 6.45) is 5.34. The molecule has 0 unspecified atom stereocenters. The van der Waals surface area contributed by atoms with Crippen LogP contribution in [0.25, 0.3) is 0 Å². The number of fused-ring (bicyclic) bond motifs is 2. The van der Waals surface area contributed by atoms with Crippen molar-refractivity contribution in [2.45, 2.75) is 133 Å². The number of imide groups is 1. The van der Waals surface area contributed by atoms with E-state index in [1.807, 2.05) is 12.1 Å². The molecule has 1 aromatic rings. The van der Waals surface area contributed by atoms with Gasteiger partial charge in [0, 0.05) is 38.5 Å². The van der Waals surface area contributed by atoms with Crippen LogP contribution < -0.4 is 39.7 Å². The van der Waals surface area contributed by atoms with E-state index in [0.29, 0.717) is 55.5 Å². The van der Waals surface area contributed by atoms with Gasteiger partial charge in [-0.3, -0.25) is 38.9 Å². The lowest BCUT2D eigenvalue weighted by atomic mass is 9.84. The van der Waals surface area contributed by atoms with Crippen molar-refractivity contribution in [2.75, 3.05) is 26.2 Å². The Morgan fingerprint density at radius 1 is 0.867 bits per heavy atom. The van der Waals surface area contributed by atoms with E-state index in [1.165, 1.54) is 9.80 Å². The van der Waals surface area contributed by atoms with Gasteiger partial charge < -0.3 is 59.7 Å². The Labute approximate surface area is 350 Å². The number of aliphatic carboxylic acids is 1. The highest BCUT2D eigenvalue weighted by Gasteiger charge is 2.52. The number of aliphatic imine (C=N–C) groups is 2. The van der Waals surface area contributed by atoms with Crippen LogP contribution in [0, 0.1) is 5.92 Å². The van der Waals surface area contributed by atoms with Crippen molar-refractivity contribution in [3.63, 3.8) is 0 Å². The molecule has 3 aliphatic rings. The molecule has 4 rings (SSSR count). The van der Waals surface area contributed by atoms with Crippen LogP contribution in [0.2, 0.25) is 0 Å². The van der Waals surface area contributed by atoms with Crippen LogP contribution in [-0.4, -0.2) is 135 Å². The summed E-state index contributed by atoms with van der Waals surface area (Å²) in [6, 6.07) is 0.282. The van der Waals surface area contributed by atoms with E-state index < -0.39 is 72.3 Å². The number of aliphatic hydroxyl groups is 1. The maximum Gasteiger partial charge on any atom is 0.326 e. The molecule has 60 heavy (non-hydrogen) atoms. The van der Waals surface area contributed by atoms with Crippen LogP contribution in [0.1, 0.15) is 94.6 Å². The Kier molecular flexibility index (Phi) is 18.0. The number of nitrogens with zero attached hydrogens (tertiary/aromatic N) is 5. The standard InChI is InChI=1S/C40H64N12O8/c41-17-7-1-2-16-33(54)52(35(56)28(14-9-19-48-40(45)46)49-34(55)27(42)13-8-18-47-39(43)44)32(23-53)36(57)50-22-26-12-4-3-10-24(26)20-30(50)37(58)51-29-15-6-5-11-25(29)21-31(51)38(59)60/h3-4,10,12,25,27-32,53H,1-2,5-9,11,13-23,41-42H2,(H,49,55)(H,59,60)(H4,43,44,47)(H4,45,46,48)/t25-,27+,28-,29-,30+,31-,32-/m0/s1. The van der Waals surface area contributed by atoms with Gasteiger partial charge in [0.25, 0.3) is 5.91 Å². The molecule has 2 fully saturated rings. The third-order valence-electron chi connectivity index (χ3n) is 11.7. The molecule has 5 amide bonds. The molecular formula is C40H64N12O8. The van der Waals surface area contributed by atoms with Gasteiger partial charge in [-0.25, -0.2) is 4.79 Å². The number of guanidine groups is 2. The zero-order chi connectivity index (χ0) is 43.9. The lowest BCUT2D eigenvalue weighted by molar-refractivity contribution is -0.163. The third-order valence-corrected chi connectivity index (χ3v) is 11.7. The number of rotatable bonds is 21. The van der Waals surface area contributed by atoms with Crippen LogP contribution in [0.3, 0.4) is 0 Å². The van der Waals surface area contributed by atoms with Gasteiger partial charge in [0.15, 0.2) is 11.9 Å². The van der Waals surface area contributed by atoms with Gasteiger partial charge in [0.2, 0.25) is 23.6 Å². The Morgan fingerprint density at radius 2 is 1.52 bits per heavy atom. The predicted octanol–water partition coefficient (Wildman–Crippen LogP) is -1.66. The second-order valence-corrected chi connectivity index (χ2v) is 15.9. The first-order valence-corrected chi connectivity index (χ1v) is 21.0. The molecule has 332 valence electrons. The topological polar surface area (TPSA) is 345 Å². The number of aliphatic hydroxyl groups excluding tert-OH is 1. The molecule has 1 aromatic carbocycles. The lowest BCUT2D eigenvalue weighted by Crippen LogP contribution is -2.64. The lowest BCUT2D eigenvalue weighted by Gasteiger charge is -2.43. The van der Waals surface area contributed by atoms with Crippen molar-refractivity contribution < 1.29 is 39.0 Å². The molecule has 7 atom stereocenters. The quantitative estimate of drug-likeness (QED) is 0.0380. The van der Waals surface area contributed by atoms with Gasteiger partial charge in [0.1, 0.15) is 24.2 Å². The fraction of sp³-hybridized carbons (Fsp3) is 0.650. The summed E-state index contributed by atoms with van der Waals surface area (Å²) in [5.41, 5.74) is 35.1. The molecule has 2 heterocycles. The Bertz CT molecular complexity index is 1730. The van der Waals surface area contributed by atoms with E-state index in [0.717, 1.165) is 24.8 Å². The molecule has 0 radical (unpaired) electrons. The smallest absolute Gasteiger partial charge is 0.326 e. The number of carbonyl (C=O) groups is 6. The van der Waals surface area contributed by atoms with Crippen LogP contribution in [0.4, 0.5) is 0 Å². The summed E-state index contributed by atoms with van der Waals surface area (Å²) in [5, 5.41) is 24.0. The highest BCUT2D eigenvalue weighted by Crippen LogP contribution is 2.41. The summed E-state index contributed by atoms with van der Waals surface area (Å²) in [6.45, 7) is -0.477. The second kappa shape index (κ2) is 22.9. The molecule has 1 saturated heterocycles. The number of nitrogens with one attached hydrogen (secondary N) is 1. The average Bonchev–Trinajstić information content (AvgIpc) is 3.62. The Hall–Kier alpha value is -5.34. The molecule has 0 aromatic heterocycles. The number of likely N-dealkylation sites (tertiary alicyclic amines) is 1. The highest BCUT2D eigenvalue weighted by molar-refractivity contribution is 6.04. The molecule has 20 heteroatoms. The third kappa shape index (κ3) is 12.4. The molecule has 0 bridgehead atoms. The minimum Gasteiger partial charge on any atom is -0.480 e. The number of carboxylic acid groups (broad SMARTS) is 1. The number of nitrogens with two attached hydrogens (primary N) is 6. The van der Waals surface area contributed by atoms with Crippen molar-refractivity contribution in [3.05, 3.63) is 35.4 Å². The van der Waals surface area contributed by atoms with Crippen LogP contribution in [0.5, 0.6) is 0 Å². The summed E-state index contributed by atoms with van der Waals surface area (Å²) < 4.78 is 0. The summed E-state index contributed by atoms with van der Waals surface area (Å²) in [5.74, 6) is -5.35. The number of carboxylic acids is 1. The molecule has 15 N–H and O–H groups in total. The van der Waals surface area contributed by atoms with E-state index in [2.05, 4.69) is 15.3 Å². The zero-order valence-corrected chi connectivity index (χ0v) is 34.3. The number of benzene rings is 1. The van der Waals surface area contributed by atoms with Crippen LogP contribution in [-0.2, 0) is 41.7 Å². The first-order chi connectivity index (χ1) is 28.7. The SMILES string of the molecule is NCCCCCC(=O)N(C(=O)[C@H](CCCN=C(N)N)NC(=O)[C@H](N)CCCN=C(N)N)[C@@H](CO)C(=O)N1Cc2ccccc2C[C@@H]1C(=O)N1[C@H](C(=O)O)C[C@@H]2CCCC[C@@H]21. The molecule has 2 aliphatic heterocycles. The molecule has 0 spiro atoms. The van der Waals surface area contributed by atoms with E-state index in [1.54, 1.807) is 12.1 Å². The highest BCUT2D eigenvalue weighted by atomic mass is 16.4. The number of hydrogen-bond acceptors (Lipinski definition) is 11. The van der Waals surface area contributed by atoms with E-state index in [4.69, 9.17) is 34.4 Å². The van der Waals surface area contributed by atoms with Gasteiger partial charge in [-0.2, -0.15) is 0 Å². The van der Waals surface area contributed by atoms with Crippen molar-refractivity contribution in [3.8, 4) is 0 Å². The van der Waals surface area contributed by atoms with Gasteiger partial charge in [-0.05, 0) is 81.4 Å². The molecule has 20 nitrogen and oxygen atoms in total. The normalized spacial score (nSPS) is 21.1. The van der Waals surface area contributed by atoms with Crippen molar-refractivity contribution in [1.29, 1.82) is 0 Å². The number of amides is 5. The molecular weight excluding hydrogens is 777 g/mol. The van der Waals surface area contributed by atoms with Gasteiger partial charge in [-0.15, -0.1) is 0 Å². The van der Waals surface area contributed by atoms with Gasteiger partial charge in [0.05, 0.1) is 12.6 Å². The van der Waals surface area contributed by atoms with Crippen molar-refractivity contribution in [2.24, 2.45) is 50.3 Å². The predicted molar refractivity (Wildman–Crippen MR) is 223 cm³/mol. The van der Waals surface area contributed by atoms with Crippen molar-refractivity contribution >= 4 is 47.4 Å². The Balaban J connectivity index is 1.72. The summed E-state index contributed by atoms with van der Waals surface area (Å²) in [4.78, 5) is 96.1. The Morgan fingerprint density at radius 3 is 2.15 bits per heavy atom. The monoisotopic (exact) mass is 840 g/mol. The zero-order valence-electron chi connectivity index (χ0n) is 34.3. The van der Waals surface area contributed by atoms with Crippen LogP contribution in [0.15, 0.2) is 34.3 Å². The van der Waals surface area contributed by atoms with Gasteiger partial charge >= 0.3 is 5.97 Å². The van der Waals surface area contributed by atoms with Gasteiger partial charge in [-0.1, -0.05) is 43.5 Å². The van der Waals surface area contributed by atoms with E-state index >= 15 is 4.79 Å². The number of carbonyl (C=O) groups excluding carboxylic acids is 5. The summed E-state index contributed by atoms with van der Waals surface area (Å²) in [7, 11) is 0. The van der Waals surface area contributed by atoms with Crippen LogP contribution >= 0.6 is 0 Å².